The van der Waals surface area contributed by atoms with Crippen LogP contribution in [0.4, 0.5) is 0 Å². The number of hydrogen-bond acceptors (Lipinski definition) is 4. The summed E-state index contributed by atoms with van der Waals surface area (Å²) in [4.78, 5) is 8.44. The number of halogens is 2. The molecule has 1 aromatic carbocycles. The molecule has 2 aromatic rings. The van der Waals surface area contributed by atoms with Crippen molar-refractivity contribution < 1.29 is 9.47 Å². The fourth-order valence-electron chi connectivity index (χ4n) is 1.57. The molecule has 19 heavy (non-hydrogen) atoms. The van der Waals surface area contributed by atoms with Gasteiger partial charge in [-0.25, -0.2) is 9.97 Å². The SMILES string of the molecule is COc1ccc(OC)c(-c2nc(Cl)c(C)c(Cl)n2)c1. The summed E-state index contributed by atoms with van der Waals surface area (Å²) in [5, 5.41) is 0.639. The second-order valence-corrected chi connectivity index (χ2v) is 4.54. The number of nitrogens with zero attached hydrogens (tertiary/aromatic N) is 2. The van der Waals surface area contributed by atoms with Gasteiger partial charge >= 0.3 is 0 Å². The normalized spacial score (nSPS) is 10.4. The molecular formula is C13H12Cl2N2O2. The van der Waals surface area contributed by atoms with Gasteiger partial charge in [-0.3, -0.25) is 0 Å². The van der Waals surface area contributed by atoms with E-state index in [0.29, 0.717) is 38.8 Å². The monoisotopic (exact) mass is 298 g/mol. The van der Waals surface area contributed by atoms with Gasteiger partial charge in [0.1, 0.15) is 21.8 Å². The van der Waals surface area contributed by atoms with Crippen LogP contribution in [0.25, 0.3) is 11.4 Å². The van der Waals surface area contributed by atoms with Crippen molar-refractivity contribution in [1.29, 1.82) is 0 Å². The number of rotatable bonds is 3. The Morgan fingerprint density at radius 2 is 1.63 bits per heavy atom. The molecule has 0 unspecified atom stereocenters. The Kier molecular flexibility index (Phi) is 4.12. The molecule has 100 valence electrons. The van der Waals surface area contributed by atoms with Gasteiger partial charge in [0.2, 0.25) is 0 Å². The predicted octanol–water partition coefficient (Wildman–Crippen LogP) is 3.78. The van der Waals surface area contributed by atoms with Crippen molar-refractivity contribution in [2.45, 2.75) is 6.92 Å². The summed E-state index contributed by atoms with van der Waals surface area (Å²) in [6.07, 6.45) is 0. The van der Waals surface area contributed by atoms with E-state index >= 15 is 0 Å². The highest BCUT2D eigenvalue weighted by atomic mass is 35.5. The quantitative estimate of drug-likeness (QED) is 0.809. The summed E-state index contributed by atoms with van der Waals surface area (Å²) in [6, 6.07) is 5.34. The number of aromatic nitrogens is 2. The van der Waals surface area contributed by atoms with Crippen molar-refractivity contribution in [2.24, 2.45) is 0 Å². The van der Waals surface area contributed by atoms with Crippen LogP contribution in [0.3, 0.4) is 0 Å². The van der Waals surface area contributed by atoms with Gasteiger partial charge in [0.05, 0.1) is 19.8 Å². The van der Waals surface area contributed by atoms with E-state index in [1.807, 2.05) is 0 Å². The van der Waals surface area contributed by atoms with Gasteiger partial charge in [0.15, 0.2) is 5.82 Å². The van der Waals surface area contributed by atoms with Crippen molar-refractivity contribution in [1.82, 2.24) is 9.97 Å². The van der Waals surface area contributed by atoms with Crippen LogP contribution in [0, 0.1) is 6.92 Å². The Morgan fingerprint density at radius 1 is 1.00 bits per heavy atom. The minimum Gasteiger partial charge on any atom is -0.497 e. The Labute approximate surface area is 121 Å². The van der Waals surface area contributed by atoms with Crippen LogP contribution < -0.4 is 9.47 Å². The molecule has 6 heteroatoms. The molecule has 0 bridgehead atoms. The van der Waals surface area contributed by atoms with Gasteiger partial charge in [-0.15, -0.1) is 0 Å². The maximum Gasteiger partial charge on any atom is 0.166 e. The van der Waals surface area contributed by atoms with Crippen molar-refractivity contribution in [3.05, 3.63) is 34.1 Å². The van der Waals surface area contributed by atoms with Gasteiger partial charge in [-0.2, -0.15) is 0 Å². The minimum absolute atomic E-state index is 0.319. The Morgan fingerprint density at radius 3 is 2.16 bits per heavy atom. The number of benzene rings is 1. The van der Waals surface area contributed by atoms with Crippen LogP contribution in [0.15, 0.2) is 18.2 Å². The zero-order valence-electron chi connectivity index (χ0n) is 10.7. The fourth-order valence-corrected chi connectivity index (χ4v) is 1.96. The highest BCUT2D eigenvalue weighted by Crippen LogP contribution is 2.33. The number of ether oxygens (including phenoxy) is 2. The second-order valence-electron chi connectivity index (χ2n) is 3.82. The van der Waals surface area contributed by atoms with E-state index in [9.17, 15) is 0 Å². The van der Waals surface area contributed by atoms with Crippen LogP contribution in [-0.4, -0.2) is 24.2 Å². The maximum atomic E-state index is 6.03. The standard InChI is InChI=1S/C13H12Cl2N2O2/c1-7-11(14)16-13(17-12(7)15)9-6-8(18-2)4-5-10(9)19-3/h4-6H,1-3H3. The lowest BCUT2D eigenvalue weighted by Gasteiger charge is -2.10. The third-order valence-electron chi connectivity index (χ3n) is 2.67. The molecule has 0 fully saturated rings. The lowest BCUT2D eigenvalue weighted by Crippen LogP contribution is -1.97. The molecule has 0 saturated heterocycles. The van der Waals surface area contributed by atoms with E-state index in [4.69, 9.17) is 32.7 Å². The van der Waals surface area contributed by atoms with E-state index in [0.717, 1.165) is 0 Å². The summed E-state index contributed by atoms with van der Waals surface area (Å²) < 4.78 is 10.5. The van der Waals surface area contributed by atoms with Gasteiger partial charge in [0.25, 0.3) is 0 Å². The highest BCUT2D eigenvalue weighted by molar-refractivity contribution is 6.34. The molecule has 0 aliphatic rings. The van der Waals surface area contributed by atoms with E-state index in [1.54, 1.807) is 39.3 Å². The summed E-state index contributed by atoms with van der Waals surface area (Å²) in [5.41, 5.74) is 1.32. The molecule has 0 aliphatic carbocycles. The molecule has 4 nitrogen and oxygen atoms in total. The first-order valence-corrected chi connectivity index (χ1v) is 6.24. The van der Waals surface area contributed by atoms with Crippen molar-refractivity contribution in [3.8, 4) is 22.9 Å². The molecule has 0 N–H and O–H groups in total. The summed E-state index contributed by atoms with van der Waals surface area (Å²) >= 11 is 12.1. The molecular weight excluding hydrogens is 287 g/mol. The van der Waals surface area contributed by atoms with Crippen LogP contribution in [-0.2, 0) is 0 Å². The number of hydrogen-bond donors (Lipinski definition) is 0. The molecule has 1 heterocycles. The first kappa shape index (κ1) is 13.9. The largest absolute Gasteiger partial charge is 0.497 e. The van der Waals surface area contributed by atoms with E-state index in [-0.39, 0.29) is 0 Å². The molecule has 0 spiro atoms. The third kappa shape index (κ3) is 2.74. The summed E-state index contributed by atoms with van der Waals surface area (Å²) in [6.45, 7) is 1.76. The average molecular weight is 299 g/mol. The van der Waals surface area contributed by atoms with Crippen LogP contribution in [0.1, 0.15) is 5.56 Å². The zero-order chi connectivity index (χ0) is 14.0. The van der Waals surface area contributed by atoms with Crippen LogP contribution in [0.5, 0.6) is 11.5 Å². The minimum atomic E-state index is 0.319. The molecule has 0 aliphatic heterocycles. The van der Waals surface area contributed by atoms with Gasteiger partial charge in [-0.1, -0.05) is 23.2 Å². The zero-order valence-corrected chi connectivity index (χ0v) is 12.2. The summed E-state index contributed by atoms with van der Waals surface area (Å²) in [5.74, 6) is 1.69. The van der Waals surface area contributed by atoms with Crippen LogP contribution >= 0.6 is 23.2 Å². The fraction of sp³-hybridized carbons (Fsp3) is 0.231. The lowest BCUT2D eigenvalue weighted by molar-refractivity contribution is 0.404. The number of methoxy groups -OCH3 is 2. The Balaban J connectivity index is 2.63. The van der Waals surface area contributed by atoms with Crippen molar-refractivity contribution in [3.63, 3.8) is 0 Å². The molecule has 0 saturated carbocycles. The molecule has 0 radical (unpaired) electrons. The third-order valence-corrected chi connectivity index (χ3v) is 3.41. The van der Waals surface area contributed by atoms with E-state index in [1.165, 1.54) is 0 Å². The summed E-state index contributed by atoms with van der Waals surface area (Å²) in [7, 11) is 3.16. The maximum absolute atomic E-state index is 6.03. The lowest BCUT2D eigenvalue weighted by atomic mass is 10.1. The molecule has 2 rings (SSSR count). The topological polar surface area (TPSA) is 44.2 Å². The average Bonchev–Trinajstić information content (AvgIpc) is 2.43. The molecule has 1 aromatic heterocycles. The van der Waals surface area contributed by atoms with E-state index < -0.39 is 0 Å². The van der Waals surface area contributed by atoms with Crippen molar-refractivity contribution in [2.75, 3.05) is 14.2 Å². The first-order valence-electron chi connectivity index (χ1n) is 5.49. The highest BCUT2D eigenvalue weighted by Gasteiger charge is 2.14. The Hall–Kier alpha value is -1.52. The first-order chi connectivity index (χ1) is 9.06. The Bertz CT molecular complexity index is 595. The second kappa shape index (κ2) is 5.63. The van der Waals surface area contributed by atoms with E-state index in [2.05, 4.69) is 9.97 Å². The van der Waals surface area contributed by atoms with Gasteiger partial charge in [-0.05, 0) is 25.1 Å². The van der Waals surface area contributed by atoms with Gasteiger partial charge < -0.3 is 9.47 Å². The molecule has 0 amide bonds. The van der Waals surface area contributed by atoms with Gasteiger partial charge in [0, 0.05) is 5.56 Å². The smallest absolute Gasteiger partial charge is 0.166 e. The predicted molar refractivity (Wildman–Crippen MR) is 75.3 cm³/mol. The van der Waals surface area contributed by atoms with Crippen LogP contribution in [0.2, 0.25) is 10.3 Å². The molecule has 0 atom stereocenters. The van der Waals surface area contributed by atoms with Crippen molar-refractivity contribution >= 4 is 23.2 Å².